The number of rotatable bonds is 4. The number of hydrogen-bond acceptors (Lipinski definition) is 3. The van der Waals surface area contributed by atoms with E-state index in [1.54, 1.807) is 22.7 Å². The molecule has 1 N–H and O–H groups in total. The van der Waals surface area contributed by atoms with Gasteiger partial charge >= 0.3 is 5.97 Å². The summed E-state index contributed by atoms with van der Waals surface area (Å²) in [5, 5.41) is 13.0. The summed E-state index contributed by atoms with van der Waals surface area (Å²) in [6.07, 6.45) is 1.02. The Bertz CT molecular complexity index is 483. The van der Waals surface area contributed by atoms with Crippen molar-refractivity contribution in [3.05, 3.63) is 34.0 Å². The van der Waals surface area contributed by atoms with Gasteiger partial charge in [-0.25, -0.2) is 0 Å². The van der Waals surface area contributed by atoms with Crippen molar-refractivity contribution in [2.45, 2.75) is 19.8 Å². The average molecular weight is 252 g/mol. The summed E-state index contributed by atoms with van der Waals surface area (Å²) in [6.45, 7) is 2.06. The normalized spacial score (nSPS) is 10.6. The van der Waals surface area contributed by atoms with Gasteiger partial charge in [-0.1, -0.05) is 13.0 Å². The van der Waals surface area contributed by atoms with Crippen molar-refractivity contribution < 1.29 is 9.90 Å². The molecule has 2 nitrogen and oxygen atoms in total. The summed E-state index contributed by atoms with van der Waals surface area (Å²) in [5.74, 6) is -0.758. The summed E-state index contributed by atoms with van der Waals surface area (Å²) in [5.41, 5.74) is 2.15. The Kier molecular flexibility index (Phi) is 3.41. The molecule has 2 heterocycles. The molecule has 16 heavy (non-hydrogen) atoms. The molecule has 0 unspecified atom stereocenters. The lowest BCUT2D eigenvalue weighted by atomic mass is 10.1. The third-order valence-corrected chi connectivity index (χ3v) is 4.56. The minimum atomic E-state index is -0.758. The zero-order chi connectivity index (χ0) is 11.5. The van der Waals surface area contributed by atoms with E-state index in [2.05, 4.69) is 12.3 Å². The lowest BCUT2D eigenvalue weighted by Gasteiger charge is -2.02. The van der Waals surface area contributed by atoms with Crippen LogP contribution in [0.25, 0.3) is 9.75 Å². The second-order valence-corrected chi connectivity index (χ2v) is 5.30. The molecule has 0 amide bonds. The van der Waals surface area contributed by atoms with Gasteiger partial charge in [0.05, 0.1) is 6.42 Å². The van der Waals surface area contributed by atoms with Gasteiger partial charge in [-0.15, -0.1) is 22.7 Å². The number of carboxylic acids is 1. The fraction of sp³-hybridized carbons (Fsp3) is 0.250. The Labute approximate surface area is 102 Å². The first-order chi connectivity index (χ1) is 7.72. The van der Waals surface area contributed by atoms with Crippen LogP contribution in [0, 0.1) is 0 Å². The number of thiophene rings is 2. The van der Waals surface area contributed by atoms with Gasteiger partial charge in [0.15, 0.2) is 0 Å². The molecule has 2 aromatic heterocycles. The molecule has 0 spiro atoms. The number of hydrogen-bond donors (Lipinski definition) is 1. The first-order valence-electron chi connectivity index (χ1n) is 5.07. The van der Waals surface area contributed by atoms with Crippen LogP contribution >= 0.6 is 22.7 Å². The summed E-state index contributed by atoms with van der Waals surface area (Å²) < 4.78 is 0. The minimum Gasteiger partial charge on any atom is -0.481 e. The standard InChI is InChI=1S/C12H12O2S2/c1-2-8-7-16-12(9(8)6-11(13)14)10-4-3-5-15-10/h3-5,7H,2,6H2,1H3,(H,13,14). The molecule has 2 rings (SSSR count). The summed E-state index contributed by atoms with van der Waals surface area (Å²) in [6, 6.07) is 4.04. The maximum atomic E-state index is 10.9. The molecule has 0 bridgehead atoms. The number of carbonyl (C=O) groups is 1. The Morgan fingerprint density at radius 3 is 2.81 bits per heavy atom. The molecule has 0 fully saturated rings. The van der Waals surface area contributed by atoms with Crippen molar-refractivity contribution in [3.8, 4) is 9.75 Å². The fourth-order valence-electron chi connectivity index (χ4n) is 1.67. The van der Waals surface area contributed by atoms with E-state index in [1.807, 2.05) is 17.5 Å². The lowest BCUT2D eigenvalue weighted by molar-refractivity contribution is -0.136. The second-order valence-electron chi connectivity index (χ2n) is 3.47. The van der Waals surface area contributed by atoms with Gasteiger partial charge in [-0.2, -0.15) is 0 Å². The van der Waals surface area contributed by atoms with E-state index in [4.69, 9.17) is 5.11 Å². The minimum absolute atomic E-state index is 0.125. The van der Waals surface area contributed by atoms with Gasteiger partial charge in [-0.05, 0) is 34.4 Å². The number of aliphatic carboxylic acids is 1. The lowest BCUT2D eigenvalue weighted by Crippen LogP contribution is -2.02. The molecule has 0 aliphatic heterocycles. The molecule has 0 aliphatic rings. The van der Waals surface area contributed by atoms with Crippen molar-refractivity contribution in [2.75, 3.05) is 0 Å². The van der Waals surface area contributed by atoms with Crippen molar-refractivity contribution in [3.63, 3.8) is 0 Å². The highest BCUT2D eigenvalue weighted by molar-refractivity contribution is 7.20. The van der Waals surface area contributed by atoms with Crippen LogP contribution in [0.1, 0.15) is 18.1 Å². The highest BCUT2D eigenvalue weighted by atomic mass is 32.1. The van der Waals surface area contributed by atoms with Crippen LogP contribution in [-0.2, 0) is 17.6 Å². The van der Waals surface area contributed by atoms with Crippen LogP contribution in [0.15, 0.2) is 22.9 Å². The highest BCUT2D eigenvalue weighted by Gasteiger charge is 2.15. The van der Waals surface area contributed by atoms with Gasteiger partial charge in [0, 0.05) is 9.75 Å². The summed E-state index contributed by atoms with van der Waals surface area (Å²) >= 11 is 3.31. The van der Waals surface area contributed by atoms with Gasteiger partial charge < -0.3 is 5.11 Å². The van der Waals surface area contributed by atoms with Crippen LogP contribution in [0.5, 0.6) is 0 Å². The number of carboxylic acid groups (broad SMARTS) is 1. The monoisotopic (exact) mass is 252 g/mol. The predicted molar refractivity (Wildman–Crippen MR) is 68.3 cm³/mol. The Hall–Kier alpha value is -1.13. The van der Waals surface area contributed by atoms with Crippen molar-refractivity contribution in [1.82, 2.24) is 0 Å². The van der Waals surface area contributed by atoms with Crippen molar-refractivity contribution in [1.29, 1.82) is 0 Å². The Balaban J connectivity index is 2.45. The first kappa shape index (κ1) is 11.4. The maximum absolute atomic E-state index is 10.9. The van der Waals surface area contributed by atoms with Gasteiger partial charge in [-0.3, -0.25) is 4.79 Å². The zero-order valence-corrected chi connectivity index (χ0v) is 10.5. The van der Waals surface area contributed by atoms with Gasteiger partial charge in [0.25, 0.3) is 0 Å². The van der Waals surface area contributed by atoms with Crippen LogP contribution in [0.4, 0.5) is 0 Å². The van der Waals surface area contributed by atoms with Crippen LogP contribution in [0.3, 0.4) is 0 Å². The van der Waals surface area contributed by atoms with Crippen LogP contribution in [0.2, 0.25) is 0 Å². The van der Waals surface area contributed by atoms with E-state index in [-0.39, 0.29) is 6.42 Å². The van der Waals surface area contributed by atoms with E-state index in [0.717, 1.165) is 22.4 Å². The van der Waals surface area contributed by atoms with Crippen molar-refractivity contribution in [2.24, 2.45) is 0 Å². The van der Waals surface area contributed by atoms with Crippen LogP contribution in [-0.4, -0.2) is 11.1 Å². The Morgan fingerprint density at radius 1 is 1.44 bits per heavy atom. The molecule has 2 aromatic rings. The summed E-state index contributed by atoms with van der Waals surface area (Å²) in [4.78, 5) is 13.2. The van der Waals surface area contributed by atoms with Gasteiger partial charge in [0.1, 0.15) is 0 Å². The molecule has 0 aromatic carbocycles. The SMILES string of the molecule is CCc1csc(-c2cccs2)c1CC(=O)O. The van der Waals surface area contributed by atoms with E-state index >= 15 is 0 Å². The zero-order valence-electron chi connectivity index (χ0n) is 8.90. The third kappa shape index (κ3) is 2.18. The smallest absolute Gasteiger partial charge is 0.307 e. The molecule has 0 saturated heterocycles. The topological polar surface area (TPSA) is 37.3 Å². The Morgan fingerprint density at radius 2 is 2.25 bits per heavy atom. The molecule has 84 valence electrons. The van der Waals surface area contributed by atoms with E-state index in [9.17, 15) is 4.79 Å². The first-order valence-corrected chi connectivity index (χ1v) is 6.83. The second kappa shape index (κ2) is 4.80. The largest absolute Gasteiger partial charge is 0.481 e. The summed E-state index contributed by atoms with van der Waals surface area (Å²) in [7, 11) is 0. The molecule has 0 saturated carbocycles. The van der Waals surface area contributed by atoms with Crippen molar-refractivity contribution >= 4 is 28.6 Å². The molecule has 4 heteroatoms. The van der Waals surface area contributed by atoms with E-state index in [0.29, 0.717) is 0 Å². The number of aryl methyl sites for hydroxylation is 1. The molecule has 0 radical (unpaired) electrons. The highest BCUT2D eigenvalue weighted by Crippen LogP contribution is 2.36. The maximum Gasteiger partial charge on any atom is 0.307 e. The van der Waals surface area contributed by atoms with Gasteiger partial charge in [0.2, 0.25) is 0 Å². The predicted octanol–water partition coefficient (Wildman–Crippen LogP) is 3.67. The molecule has 0 aliphatic carbocycles. The average Bonchev–Trinajstić information content (AvgIpc) is 2.84. The van der Waals surface area contributed by atoms with E-state index < -0.39 is 5.97 Å². The molecular weight excluding hydrogens is 240 g/mol. The van der Waals surface area contributed by atoms with Crippen LogP contribution < -0.4 is 0 Å². The third-order valence-electron chi connectivity index (χ3n) is 2.43. The molecular formula is C12H12O2S2. The van der Waals surface area contributed by atoms with E-state index in [1.165, 1.54) is 4.88 Å². The quantitative estimate of drug-likeness (QED) is 0.901. The molecule has 0 atom stereocenters. The fourth-order valence-corrected chi connectivity index (χ4v) is 3.75.